The van der Waals surface area contributed by atoms with Gasteiger partial charge < -0.3 is 5.11 Å². The molecule has 0 rings (SSSR count). The Bertz CT molecular complexity index is 231. The van der Waals surface area contributed by atoms with Crippen molar-refractivity contribution in [1.82, 2.24) is 0 Å². The minimum absolute atomic E-state index is 0.0566. The molecule has 2 unspecified atom stereocenters. The molecule has 14 heavy (non-hydrogen) atoms. The minimum atomic E-state index is -0.875. The Morgan fingerprint density at radius 2 is 1.79 bits per heavy atom. The number of hydrogen-bond donors (Lipinski definition) is 1. The number of carbonyl (C=O) groups is 2. The van der Waals surface area contributed by atoms with Gasteiger partial charge in [0.25, 0.3) is 0 Å². The Morgan fingerprint density at radius 3 is 2.00 bits per heavy atom. The summed E-state index contributed by atoms with van der Waals surface area (Å²) in [5, 5.41) is 9.11. The van der Waals surface area contributed by atoms with Gasteiger partial charge in [0.15, 0.2) is 0 Å². The Balaban J connectivity index is 4.96. The Kier molecular flexibility index (Phi) is 4.30. The molecule has 0 saturated heterocycles. The number of ketones is 1. The molecule has 82 valence electrons. The summed E-state index contributed by atoms with van der Waals surface area (Å²) >= 11 is 0. The molecule has 2 atom stereocenters. The van der Waals surface area contributed by atoms with Gasteiger partial charge in [0.2, 0.25) is 0 Å². The maximum Gasteiger partial charge on any atom is 0.307 e. The molecule has 0 heterocycles. The van der Waals surface area contributed by atoms with Crippen molar-refractivity contribution >= 4 is 11.8 Å². The van der Waals surface area contributed by atoms with E-state index in [0.717, 1.165) is 6.42 Å². The second-order valence-corrected chi connectivity index (χ2v) is 4.56. The number of Topliss-reactive ketones (excluding diaryl/α,β-unsaturated/α-hetero) is 1. The van der Waals surface area contributed by atoms with Gasteiger partial charge in [0.1, 0.15) is 5.78 Å². The maximum absolute atomic E-state index is 11.2. The Morgan fingerprint density at radius 1 is 1.36 bits per heavy atom. The van der Waals surface area contributed by atoms with Crippen LogP contribution in [0.5, 0.6) is 0 Å². The summed E-state index contributed by atoms with van der Waals surface area (Å²) in [6, 6.07) is 0. The summed E-state index contributed by atoms with van der Waals surface area (Å²) in [5.41, 5.74) is -0.336. The van der Waals surface area contributed by atoms with E-state index in [2.05, 4.69) is 0 Å². The van der Waals surface area contributed by atoms with E-state index in [9.17, 15) is 9.59 Å². The molecular formula is C11H20O3. The highest BCUT2D eigenvalue weighted by atomic mass is 16.4. The first-order valence-corrected chi connectivity index (χ1v) is 4.97. The lowest BCUT2D eigenvalue weighted by Gasteiger charge is -2.33. The van der Waals surface area contributed by atoms with Gasteiger partial charge >= 0.3 is 5.97 Å². The van der Waals surface area contributed by atoms with Gasteiger partial charge in [-0.1, -0.05) is 34.1 Å². The van der Waals surface area contributed by atoms with Gasteiger partial charge in [-0.3, -0.25) is 9.59 Å². The van der Waals surface area contributed by atoms with Gasteiger partial charge in [-0.25, -0.2) is 0 Å². The van der Waals surface area contributed by atoms with Crippen molar-refractivity contribution in [2.75, 3.05) is 0 Å². The zero-order valence-corrected chi connectivity index (χ0v) is 9.63. The summed E-state index contributed by atoms with van der Waals surface area (Å²) in [4.78, 5) is 22.3. The number of carboxylic acid groups (broad SMARTS) is 1. The molecule has 0 aromatic carbocycles. The molecule has 0 aromatic heterocycles. The largest absolute Gasteiger partial charge is 0.481 e. The molecule has 0 radical (unpaired) electrons. The predicted octanol–water partition coefficient (Wildman–Crippen LogP) is 2.35. The third kappa shape index (κ3) is 2.82. The minimum Gasteiger partial charge on any atom is -0.481 e. The molecule has 1 N–H and O–H groups in total. The van der Waals surface area contributed by atoms with Crippen LogP contribution in [0.1, 0.15) is 41.0 Å². The summed E-state index contributed by atoms with van der Waals surface area (Å²) in [6.45, 7) is 8.88. The fraction of sp³-hybridized carbons (Fsp3) is 0.818. The van der Waals surface area contributed by atoms with Crippen LogP contribution in [-0.2, 0) is 9.59 Å². The maximum atomic E-state index is 11.2. The molecule has 3 nitrogen and oxygen atoms in total. The molecule has 3 heteroatoms. The van der Waals surface area contributed by atoms with Crippen LogP contribution in [0.4, 0.5) is 0 Å². The lowest BCUT2D eigenvalue weighted by molar-refractivity contribution is -0.151. The number of carboxylic acids is 1. The van der Waals surface area contributed by atoms with Crippen molar-refractivity contribution in [2.45, 2.75) is 41.0 Å². The second-order valence-electron chi connectivity index (χ2n) is 4.56. The van der Waals surface area contributed by atoms with Crippen LogP contribution >= 0.6 is 0 Å². The zero-order chi connectivity index (χ0) is 11.5. The third-order valence-electron chi connectivity index (χ3n) is 3.16. The van der Waals surface area contributed by atoms with Crippen molar-refractivity contribution in [3.63, 3.8) is 0 Å². The van der Waals surface area contributed by atoms with Crippen molar-refractivity contribution in [3.05, 3.63) is 0 Å². The lowest BCUT2D eigenvalue weighted by atomic mass is 9.70. The molecule has 0 aromatic rings. The Hall–Kier alpha value is -0.860. The van der Waals surface area contributed by atoms with Gasteiger partial charge in [-0.15, -0.1) is 0 Å². The average molecular weight is 200 g/mol. The zero-order valence-electron chi connectivity index (χ0n) is 9.63. The fourth-order valence-electron chi connectivity index (χ4n) is 1.68. The van der Waals surface area contributed by atoms with Crippen LogP contribution in [-0.4, -0.2) is 16.9 Å². The van der Waals surface area contributed by atoms with E-state index >= 15 is 0 Å². The highest BCUT2D eigenvalue weighted by Crippen LogP contribution is 2.36. The van der Waals surface area contributed by atoms with Crippen molar-refractivity contribution < 1.29 is 14.7 Å². The quantitative estimate of drug-likeness (QED) is 0.741. The van der Waals surface area contributed by atoms with Crippen molar-refractivity contribution in [1.29, 1.82) is 0 Å². The first kappa shape index (κ1) is 13.1. The molecule has 0 spiro atoms. The van der Waals surface area contributed by atoms with Crippen LogP contribution < -0.4 is 0 Å². The van der Waals surface area contributed by atoms with Crippen LogP contribution in [0, 0.1) is 17.3 Å². The SMILES string of the molecule is CCC(C)(C)C(C(=O)O)C(C)C(C)=O. The van der Waals surface area contributed by atoms with E-state index in [-0.39, 0.29) is 11.2 Å². The smallest absolute Gasteiger partial charge is 0.307 e. The van der Waals surface area contributed by atoms with Gasteiger partial charge in [-0.05, 0) is 12.3 Å². The Labute approximate surface area is 85.5 Å². The molecule has 0 amide bonds. The number of rotatable bonds is 5. The summed E-state index contributed by atoms with van der Waals surface area (Å²) < 4.78 is 0. The van der Waals surface area contributed by atoms with Crippen LogP contribution in [0.3, 0.4) is 0 Å². The van der Waals surface area contributed by atoms with E-state index in [0.29, 0.717) is 0 Å². The van der Waals surface area contributed by atoms with Gasteiger partial charge in [-0.2, -0.15) is 0 Å². The van der Waals surface area contributed by atoms with Crippen molar-refractivity contribution in [2.24, 2.45) is 17.3 Å². The topological polar surface area (TPSA) is 54.4 Å². The number of hydrogen-bond acceptors (Lipinski definition) is 2. The van der Waals surface area contributed by atoms with E-state index < -0.39 is 17.8 Å². The number of aliphatic carboxylic acids is 1. The monoisotopic (exact) mass is 200 g/mol. The van der Waals surface area contributed by atoms with Gasteiger partial charge in [0.05, 0.1) is 5.92 Å². The normalized spacial score (nSPS) is 16.1. The van der Waals surface area contributed by atoms with Crippen molar-refractivity contribution in [3.8, 4) is 0 Å². The standard InChI is InChI=1S/C11H20O3/c1-6-11(4,5)9(10(13)14)7(2)8(3)12/h7,9H,6H2,1-5H3,(H,13,14). The first-order chi connectivity index (χ1) is 6.24. The lowest BCUT2D eigenvalue weighted by Crippen LogP contribution is -2.38. The van der Waals surface area contributed by atoms with E-state index in [1.165, 1.54) is 6.92 Å². The summed E-state index contributed by atoms with van der Waals surface area (Å²) in [6.07, 6.45) is 0.752. The molecule has 0 bridgehead atoms. The van der Waals surface area contributed by atoms with Crippen LogP contribution in [0.25, 0.3) is 0 Å². The molecule has 0 aliphatic rings. The van der Waals surface area contributed by atoms with E-state index in [1.54, 1.807) is 6.92 Å². The fourth-order valence-corrected chi connectivity index (χ4v) is 1.68. The number of carbonyl (C=O) groups excluding carboxylic acids is 1. The van der Waals surface area contributed by atoms with Gasteiger partial charge in [0, 0.05) is 5.92 Å². The molecular weight excluding hydrogens is 180 g/mol. The van der Waals surface area contributed by atoms with E-state index in [1.807, 2.05) is 20.8 Å². The molecule has 0 aliphatic carbocycles. The third-order valence-corrected chi connectivity index (χ3v) is 3.16. The van der Waals surface area contributed by atoms with Crippen LogP contribution in [0.2, 0.25) is 0 Å². The first-order valence-electron chi connectivity index (χ1n) is 4.97. The second kappa shape index (κ2) is 4.58. The molecule has 0 fully saturated rings. The predicted molar refractivity (Wildman–Crippen MR) is 55.0 cm³/mol. The highest BCUT2D eigenvalue weighted by molar-refractivity contribution is 5.84. The average Bonchev–Trinajstić information content (AvgIpc) is 2.03. The van der Waals surface area contributed by atoms with Crippen LogP contribution in [0.15, 0.2) is 0 Å². The highest BCUT2D eigenvalue weighted by Gasteiger charge is 2.39. The molecule has 0 saturated carbocycles. The summed E-state index contributed by atoms with van der Waals surface area (Å²) in [5.74, 6) is -1.94. The summed E-state index contributed by atoms with van der Waals surface area (Å²) in [7, 11) is 0. The molecule has 0 aliphatic heterocycles. The van der Waals surface area contributed by atoms with E-state index in [4.69, 9.17) is 5.11 Å².